The van der Waals surface area contributed by atoms with Gasteiger partial charge in [-0.25, -0.2) is 0 Å². The van der Waals surface area contributed by atoms with Crippen LogP contribution in [0.5, 0.6) is 0 Å². The molecule has 0 aliphatic rings. The molecule has 94 valence electrons. The van der Waals surface area contributed by atoms with Crippen molar-refractivity contribution in [2.24, 2.45) is 7.05 Å². The fourth-order valence-corrected chi connectivity index (χ4v) is 1.46. The van der Waals surface area contributed by atoms with Gasteiger partial charge in [0.25, 0.3) is 0 Å². The molecule has 0 bridgehead atoms. The molecule has 0 aliphatic carbocycles. The van der Waals surface area contributed by atoms with Crippen LogP contribution in [0, 0.1) is 0 Å². The second-order valence-electron chi connectivity index (χ2n) is 3.84. The van der Waals surface area contributed by atoms with Crippen molar-refractivity contribution in [2.45, 2.75) is 32.2 Å². The van der Waals surface area contributed by atoms with Gasteiger partial charge in [-0.2, -0.15) is 0 Å². The standard InChI is InChI=1S/C10H16N4O3/c1-7(10-13-11-6-14(10)2)12-8(15)4-3-5-9(16)17/h6-7H,3-5H2,1-2H3,(H,12,15)(H,16,17). The molecule has 0 spiro atoms. The van der Waals surface area contributed by atoms with Gasteiger partial charge in [0.15, 0.2) is 5.82 Å². The molecule has 2 N–H and O–H groups in total. The lowest BCUT2D eigenvalue weighted by Crippen LogP contribution is -2.28. The van der Waals surface area contributed by atoms with E-state index in [1.54, 1.807) is 24.9 Å². The Balaban J connectivity index is 2.36. The summed E-state index contributed by atoms with van der Waals surface area (Å²) in [6, 6.07) is -0.236. The molecule has 1 rings (SSSR count). The van der Waals surface area contributed by atoms with Gasteiger partial charge in [0.1, 0.15) is 6.33 Å². The number of carbonyl (C=O) groups excluding carboxylic acids is 1. The molecule has 0 saturated heterocycles. The summed E-state index contributed by atoms with van der Waals surface area (Å²) in [7, 11) is 1.79. The largest absolute Gasteiger partial charge is 0.481 e. The Hall–Kier alpha value is -1.92. The molecular weight excluding hydrogens is 224 g/mol. The molecule has 1 aromatic heterocycles. The predicted octanol–water partition coefficient (Wildman–Crippen LogP) is 0.247. The smallest absolute Gasteiger partial charge is 0.303 e. The van der Waals surface area contributed by atoms with Gasteiger partial charge in [0, 0.05) is 19.9 Å². The molecule has 0 saturated carbocycles. The summed E-state index contributed by atoms with van der Waals surface area (Å²) in [4.78, 5) is 21.8. The van der Waals surface area contributed by atoms with Crippen molar-refractivity contribution in [3.63, 3.8) is 0 Å². The van der Waals surface area contributed by atoms with Crippen LogP contribution in [-0.2, 0) is 16.6 Å². The summed E-state index contributed by atoms with van der Waals surface area (Å²) in [6.07, 6.45) is 2.11. The third-order valence-corrected chi connectivity index (χ3v) is 2.31. The van der Waals surface area contributed by atoms with E-state index in [1.165, 1.54) is 0 Å². The van der Waals surface area contributed by atoms with E-state index in [2.05, 4.69) is 15.5 Å². The maximum Gasteiger partial charge on any atom is 0.303 e. The molecule has 1 atom stereocenters. The van der Waals surface area contributed by atoms with Crippen molar-refractivity contribution < 1.29 is 14.7 Å². The first kappa shape index (κ1) is 13.1. The van der Waals surface area contributed by atoms with Crippen molar-refractivity contribution in [2.75, 3.05) is 0 Å². The molecule has 1 heterocycles. The fraction of sp³-hybridized carbons (Fsp3) is 0.600. The van der Waals surface area contributed by atoms with E-state index >= 15 is 0 Å². The Morgan fingerprint density at radius 3 is 2.76 bits per heavy atom. The van der Waals surface area contributed by atoms with E-state index in [4.69, 9.17) is 5.11 Å². The summed E-state index contributed by atoms with van der Waals surface area (Å²) in [6.45, 7) is 1.80. The van der Waals surface area contributed by atoms with Crippen molar-refractivity contribution in [3.05, 3.63) is 12.2 Å². The van der Waals surface area contributed by atoms with Crippen LogP contribution in [0.1, 0.15) is 38.1 Å². The number of amides is 1. The molecule has 0 radical (unpaired) electrons. The first-order chi connectivity index (χ1) is 8.00. The van der Waals surface area contributed by atoms with Gasteiger partial charge in [-0.3, -0.25) is 9.59 Å². The number of hydrogen-bond donors (Lipinski definition) is 2. The zero-order chi connectivity index (χ0) is 12.8. The maximum absolute atomic E-state index is 11.5. The van der Waals surface area contributed by atoms with Crippen LogP contribution < -0.4 is 5.32 Å². The van der Waals surface area contributed by atoms with Gasteiger partial charge in [0.05, 0.1) is 6.04 Å². The number of nitrogens with zero attached hydrogens (tertiary/aromatic N) is 3. The number of aromatic nitrogens is 3. The van der Waals surface area contributed by atoms with Crippen molar-refractivity contribution in [1.82, 2.24) is 20.1 Å². The Labute approximate surface area is 98.8 Å². The average molecular weight is 240 g/mol. The molecule has 1 amide bonds. The third kappa shape index (κ3) is 4.21. The number of nitrogens with one attached hydrogen (secondary N) is 1. The lowest BCUT2D eigenvalue weighted by molar-refractivity contribution is -0.137. The number of carboxylic acids is 1. The van der Waals surface area contributed by atoms with E-state index < -0.39 is 5.97 Å². The minimum atomic E-state index is -0.890. The lowest BCUT2D eigenvalue weighted by atomic mass is 10.2. The highest BCUT2D eigenvalue weighted by molar-refractivity contribution is 5.77. The Bertz CT molecular complexity index is 402. The SMILES string of the molecule is CC(NC(=O)CCCC(=O)O)c1nncn1C. The quantitative estimate of drug-likeness (QED) is 0.742. The van der Waals surface area contributed by atoms with Gasteiger partial charge >= 0.3 is 5.97 Å². The number of aliphatic carboxylic acids is 1. The number of carbonyl (C=O) groups is 2. The number of rotatable bonds is 6. The van der Waals surface area contributed by atoms with Gasteiger partial charge in [-0.15, -0.1) is 10.2 Å². The summed E-state index contributed by atoms with van der Waals surface area (Å²) in [5, 5.41) is 18.8. The third-order valence-electron chi connectivity index (χ3n) is 2.31. The summed E-state index contributed by atoms with van der Waals surface area (Å²) in [5.74, 6) is -0.405. The summed E-state index contributed by atoms with van der Waals surface area (Å²) < 4.78 is 1.72. The van der Waals surface area contributed by atoms with Crippen molar-refractivity contribution in [1.29, 1.82) is 0 Å². The van der Waals surface area contributed by atoms with Crippen molar-refractivity contribution >= 4 is 11.9 Å². The fourth-order valence-electron chi connectivity index (χ4n) is 1.46. The zero-order valence-corrected chi connectivity index (χ0v) is 9.88. The molecule has 1 unspecified atom stereocenters. The van der Waals surface area contributed by atoms with Gasteiger partial charge in [-0.1, -0.05) is 0 Å². The molecule has 0 aromatic carbocycles. The minimum absolute atomic E-state index is 0.00572. The molecule has 7 nitrogen and oxygen atoms in total. The first-order valence-electron chi connectivity index (χ1n) is 5.35. The zero-order valence-electron chi connectivity index (χ0n) is 9.88. The molecule has 17 heavy (non-hydrogen) atoms. The van der Waals surface area contributed by atoms with E-state index in [0.717, 1.165) is 0 Å². The van der Waals surface area contributed by atoms with E-state index in [9.17, 15) is 9.59 Å². The summed E-state index contributed by atoms with van der Waals surface area (Å²) in [5.41, 5.74) is 0. The van der Waals surface area contributed by atoms with Crippen molar-refractivity contribution in [3.8, 4) is 0 Å². The average Bonchev–Trinajstić information content (AvgIpc) is 2.63. The predicted molar refractivity (Wildman–Crippen MR) is 59.0 cm³/mol. The van der Waals surface area contributed by atoms with E-state index in [1.807, 2.05) is 0 Å². The van der Waals surface area contributed by atoms with Crippen LogP contribution >= 0.6 is 0 Å². The van der Waals surface area contributed by atoms with Gasteiger partial charge in [-0.05, 0) is 13.3 Å². The second-order valence-corrected chi connectivity index (χ2v) is 3.84. The number of aryl methyl sites for hydroxylation is 1. The Morgan fingerprint density at radius 2 is 2.24 bits per heavy atom. The highest BCUT2D eigenvalue weighted by atomic mass is 16.4. The molecule has 7 heteroatoms. The highest BCUT2D eigenvalue weighted by Gasteiger charge is 2.14. The normalized spacial score (nSPS) is 12.1. The summed E-state index contributed by atoms with van der Waals surface area (Å²) >= 11 is 0. The highest BCUT2D eigenvalue weighted by Crippen LogP contribution is 2.07. The Kier molecular flexibility index (Phi) is 4.62. The van der Waals surface area contributed by atoms with Crippen LogP contribution in [0.15, 0.2) is 6.33 Å². The lowest BCUT2D eigenvalue weighted by Gasteiger charge is -2.12. The molecule has 0 aliphatic heterocycles. The molecule has 1 aromatic rings. The van der Waals surface area contributed by atoms with Crippen LogP contribution in [0.3, 0.4) is 0 Å². The van der Waals surface area contributed by atoms with Crippen LogP contribution in [0.25, 0.3) is 0 Å². The number of hydrogen-bond acceptors (Lipinski definition) is 4. The first-order valence-corrected chi connectivity index (χ1v) is 5.35. The second kappa shape index (κ2) is 5.97. The van der Waals surface area contributed by atoms with Gasteiger partial charge < -0.3 is 15.0 Å². The molecular formula is C10H16N4O3. The topological polar surface area (TPSA) is 97.1 Å². The van der Waals surface area contributed by atoms with Crippen LogP contribution in [0.4, 0.5) is 0 Å². The van der Waals surface area contributed by atoms with Crippen LogP contribution in [-0.4, -0.2) is 31.7 Å². The van der Waals surface area contributed by atoms with Crippen LogP contribution in [0.2, 0.25) is 0 Å². The van der Waals surface area contributed by atoms with Gasteiger partial charge in [0.2, 0.25) is 5.91 Å². The number of carboxylic acid groups (broad SMARTS) is 1. The maximum atomic E-state index is 11.5. The Morgan fingerprint density at radius 1 is 1.53 bits per heavy atom. The van der Waals surface area contributed by atoms with E-state index in [-0.39, 0.29) is 24.8 Å². The molecule has 0 fully saturated rings. The van der Waals surface area contributed by atoms with E-state index in [0.29, 0.717) is 12.2 Å². The minimum Gasteiger partial charge on any atom is -0.481 e. The monoisotopic (exact) mass is 240 g/mol.